The Bertz CT molecular complexity index is 1060. The average Bonchev–Trinajstić information content (AvgIpc) is 3.31. The summed E-state index contributed by atoms with van der Waals surface area (Å²) in [5.41, 5.74) is 1.63. The van der Waals surface area contributed by atoms with Crippen LogP contribution in [0.15, 0.2) is 48.5 Å². The molecule has 5 nitrogen and oxygen atoms in total. The van der Waals surface area contributed by atoms with E-state index in [-0.39, 0.29) is 29.8 Å². The highest BCUT2D eigenvalue weighted by Crippen LogP contribution is 2.43. The van der Waals surface area contributed by atoms with E-state index < -0.39 is 11.7 Å². The number of nitrogens with zero attached hydrogens (tertiary/aromatic N) is 1. The number of aromatic nitrogens is 2. The fourth-order valence-corrected chi connectivity index (χ4v) is 3.46. The fraction of sp³-hybridized carbons (Fsp3) is 0.238. The number of benzene rings is 2. The zero-order valence-corrected chi connectivity index (χ0v) is 15.5. The summed E-state index contributed by atoms with van der Waals surface area (Å²) in [5, 5.41) is 9.36. The van der Waals surface area contributed by atoms with Crippen LogP contribution < -0.4 is 10.1 Å². The van der Waals surface area contributed by atoms with Gasteiger partial charge < -0.3 is 10.1 Å². The molecular formula is C21H18F3N3O2. The lowest BCUT2D eigenvalue weighted by atomic mass is 9.96. The van der Waals surface area contributed by atoms with Gasteiger partial charge in [-0.15, -0.1) is 0 Å². The molecule has 2 N–H and O–H groups in total. The van der Waals surface area contributed by atoms with Crippen molar-refractivity contribution in [3.63, 3.8) is 0 Å². The molecule has 1 aliphatic rings. The summed E-state index contributed by atoms with van der Waals surface area (Å²) in [6.07, 6.45) is -4.34. The number of aromatic amines is 1. The van der Waals surface area contributed by atoms with Crippen molar-refractivity contribution < 1.29 is 22.7 Å². The van der Waals surface area contributed by atoms with Crippen molar-refractivity contribution in [1.82, 2.24) is 15.5 Å². The zero-order chi connectivity index (χ0) is 20.6. The van der Waals surface area contributed by atoms with Gasteiger partial charge in [-0.3, -0.25) is 9.89 Å². The third-order valence-electron chi connectivity index (χ3n) is 4.78. The highest BCUT2D eigenvalue weighted by Gasteiger charge is 2.35. The second kappa shape index (κ2) is 7.27. The van der Waals surface area contributed by atoms with Crippen molar-refractivity contribution >= 4 is 5.91 Å². The summed E-state index contributed by atoms with van der Waals surface area (Å²) >= 11 is 0. The second-order valence-electron chi connectivity index (χ2n) is 6.93. The quantitative estimate of drug-likeness (QED) is 0.691. The first-order valence-electron chi connectivity index (χ1n) is 9.08. The number of rotatable bonds is 4. The molecule has 3 aromatic rings. The summed E-state index contributed by atoms with van der Waals surface area (Å²) in [5.74, 6) is 0.0932. The molecule has 1 aromatic heterocycles. The largest absolute Gasteiger partial charge is 0.487 e. The number of carbonyl (C=O) groups is 1. The average molecular weight is 401 g/mol. The van der Waals surface area contributed by atoms with Crippen LogP contribution in [-0.4, -0.2) is 28.8 Å². The number of para-hydroxylation sites is 1. The van der Waals surface area contributed by atoms with E-state index in [2.05, 4.69) is 15.5 Å². The number of fused-ring (bicyclic) bond motifs is 1. The summed E-state index contributed by atoms with van der Waals surface area (Å²) in [4.78, 5) is 12.2. The number of carbonyl (C=O) groups excluding carboxylic acids is 1. The number of nitrogens with one attached hydrogen (secondary N) is 2. The lowest BCUT2D eigenvalue weighted by Gasteiger charge is -2.16. The molecule has 1 atom stereocenters. The standard InChI is InChI=1S/C21H18F3N3O2/c1-12-9-18(27-26-12)20(28)25-11-14-10-13-5-4-7-16(19(13)29-14)15-6-2-3-8-17(15)21(22,23)24/h2-9,14H,10-11H2,1H3,(H,25,28)(H,26,27). The van der Waals surface area contributed by atoms with Crippen LogP contribution in [0.5, 0.6) is 5.75 Å². The molecule has 2 heterocycles. The van der Waals surface area contributed by atoms with Crippen LogP contribution in [0.25, 0.3) is 11.1 Å². The van der Waals surface area contributed by atoms with Gasteiger partial charge in [-0.2, -0.15) is 18.3 Å². The van der Waals surface area contributed by atoms with E-state index in [1.54, 1.807) is 31.2 Å². The Balaban J connectivity index is 1.54. The highest BCUT2D eigenvalue weighted by atomic mass is 19.4. The van der Waals surface area contributed by atoms with Gasteiger partial charge in [0.1, 0.15) is 17.5 Å². The maximum atomic E-state index is 13.4. The molecule has 0 saturated heterocycles. The molecule has 0 spiro atoms. The number of hydrogen-bond acceptors (Lipinski definition) is 3. The van der Waals surface area contributed by atoms with Crippen LogP contribution >= 0.6 is 0 Å². The number of H-pyrrole nitrogens is 1. The Kier molecular flexibility index (Phi) is 4.77. The lowest BCUT2D eigenvalue weighted by Crippen LogP contribution is -2.34. The predicted octanol–water partition coefficient (Wildman–Crippen LogP) is 4.14. The Morgan fingerprint density at radius 3 is 2.69 bits per heavy atom. The lowest BCUT2D eigenvalue weighted by molar-refractivity contribution is -0.137. The van der Waals surface area contributed by atoms with E-state index in [0.29, 0.717) is 17.7 Å². The second-order valence-corrected chi connectivity index (χ2v) is 6.93. The first-order valence-corrected chi connectivity index (χ1v) is 9.08. The van der Waals surface area contributed by atoms with Gasteiger partial charge in [0.2, 0.25) is 0 Å². The molecule has 1 aliphatic heterocycles. The summed E-state index contributed by atoms with van der Waals surface area (Å²) < 4.78 is 46.3. The van der Waals surface area contributed by atoms with Crippen molar-refractivity contribution in [3.05, 3.63) is 71.0 Å². The van der Waals surface area contributed by atoms with E-state index in [1.807, 2.05) is 6.07 Å². The minimum absolute atomic E-state index is 0.0773. The SMILES string of the molecule is Cc1cc(C(=O)NCC2Cc3cccc(-c4ccccc4C(F)(F)F)c3O2)n[nH]1. The first-order chi connectivity index (χ1) is 13.8. The molecule has 0 radical (unpaired) electrons. The molecule has 1 unspecified atom stereocenters. The third kappa shape index (κ3) is 3.83. The van der Waals surface area contributed by atoms with Gasteiger partial charge in [-0.05, 0) is 30.2 Å². The molecule has 1 amide bonds. The van der Waals surface area contributed by atoms with E-state index in [0.717, 1.165) is 17.3 Å². The van der Waals surface area contributed by atoms with E-state index in [9.17, 15) is 18.0 Å². The van der Waals surface area contributed by atoms with Gasteiger partial charge in [0.05, 0.1) is 12.1 Å². The Hall–Kier alpha value is -3.29. The van der Waals surface area contributed by atoms with Gasteiger partial charge in [0.15, 0.2) is 0 Å². The summed E-state index contributed by atoms with van der Waals surface area (Å²) in [7, 11) is 0. The van der Waals surface area contributed by atoms with Gasteiger partial charge in [0.25, 0.3) is 5.91 Å². The normalized spacial score (nSPS) is 15.7. The highest BCUT2D eigenvalue weighted by molar-refractivity contribution is 5.92. The van der Waals surface area contributed by atoms with Crippen LogP contribution in [-0.2, 0) is 12.6 Å². The molecule has 8 heteroatoms. The number of hydrogen-bond donors (Lipinski definition) is 2. The third-order valence-corrected chi connectivity index (χ3v) is 4.78. The summed E-state index contributed by atoms with van der Waals surface area (Å²) in [6.45, 7) is 2.01. The van der Waals surface area contributed by atoms with E-state index in [4.69, 9.17) is 4.74 Å². The van der Waals surface area contributed by atoms with E-state index >= 15 is 0 Å². The molecule has 0 bridgehead atoms. The number of aryl methyl sites for hydroxylation is 1. The van der Waals surface area contributed by atoms with Crippen molar-refractivity contribution in [3.8, 4) is 16.9 Å². The van der Waals surface area contributed by atoms with Crippen molar-refractivity contribution in [2.75, 3.05) is 6.54 Å². The zero-order valence-electron chi connectivity index (χ0n) is 15.5. The van der Waals surface area contributed by atoms with Crippen LogP contribution in [0, 0.1) is 6.92 Å². The molecule has 0 saturated carbocycles. The monoisotopic (exact) mass is 401 g/mol. The Morgan fingerprint density at radius 2 is 1.97 bits per heavy atom. The van der Waals surface area contributed by atoms with Gasteiger partial charge in [0, 0.05) is 17.7 Å². The topological polar surface area (TPSA) is 67.0 Å². The predicted molar refractivity (Wildman–Crippen MR) is 101 cm³/mol. The van der Waals surface area contributed by atoms with Crippen LogP contribution in [0.2, 0.25) is 0 Å². The maximum Gasteiger partial charge on any atom is 0.417 e. The molecule has 0 aliphatic carbocycles. The smallest absolute Gasteiger partial charge is 0.417 e. The molecule has 150 valence electrons. The van der Waals surface area contributed by atoms with Gasteiger partial charge >= 0.3 is 6.18 Å². The molecule has 4 rings (SSSR count). The molecule has 0 fully saturated rings. The van der Waals surface area contributed by atoms with Crippen molar-refractivity contribution in [1.29, 1.82) is 0 Å². The van der Waals surface area contributed by atoms with E-state index in [1.165, 1.54) is 12.1 Å². The maximum absolute atomic E-state index is 13.4. The number of ether oxygens (including phenoxy) is 1. The van der Waals surface area contributed by atoms with Gasteiger partial charge in [-0.25, -0.2) is 0 Å². The Morgan fingerprint density at radius 1 is 1.21 bits per heavy atom. The van der Waals surface area contributed by atoms with Crippen LogP contribution in [0.3, 0.4) is 0 Å². The summed E-state index contributed by atoms with van der Waals surface area (Å²) in [6, 6.07) is 12.2. The van der Waals surface area contributed by atoms with Crippen LogP contribution in [0.1, 0.15) is 27.3 Å². The van der Waals surface area contributed by atoms with Crippen molar-refractivity contribution in [2.24, 2.45) is 0 Å². The van der Waals surface area contributed by atoms with Crippen molar-refractivity contribution in [2.45, 2.75) is 25.6 Å². The number of alkyl halides is 3. The first kappa shape index (κ1) is 19.0. The minimum atomic E-state index is -4.47. The Labute approximate surface area is 164 Å². The minimum Gasteiger partial charge on any atom is -0.487 e. The number of amides is 1. The molecule has 29 heavy (non-hydrogen) atoms. The van der Waals surface area contributed by atoms with Gasteiger partial charge in [-0.1, -0.05) is 36.4 Å². The fourth-order valence-electron chi connectivity index (χ4n) is 3.46. The number of halogens is 3. The molecule has 2 aromatic carbocycles. The van der Waals surface area contributed by atoms with Crippen LogP contribution in [0.4, 0.5) is 13.2 Å². The molecular weight excluding hydrogens is 383 g/mol.